The van der Waals surface area contributed by atoms with Crippen LogP contribution in [0.2, 0.25) is 0 Å². The zero-order valence-corrected chi connectivity index (χ0v) is 47.6. The van der Waals surface area contributed by atoms with Crippen LogP contribution >= 0.6 is 0 Å². The zero-order valence-electron chi connectivity index (χ0n) is 47.3. The van der Waals surface area contributed by atoms with Crippen molar-refractivity contribution in [3.8, 4) is 28.4 Å². The average Bonchev–Trinajstić information content (AvgIpc) is 4.04. The van der Waals surface area contributed by atoms with E-state index in [9.17, 15) is 2.74 Å². The van der Waals surface area contributed by atoms with Crippen LogP contribution in [0.3, 0.4) is 0 Å². The van der Waals surface area contributed by atoms with Crippen LogP contribution in [0.4, 0.5) is 11.4 Å². The van der Waals surface area contributed by atoms with E-state index in [-0.39, 0.29) is 43.2 Å². The van der Waals surface area contributed by atoms with Gasteiger partial charge in [0.15, 0.2) is 0 Å². The van der Waals surface area contributed by atoms with Gasteiger partial charge >= 0.3 is 0 Å². The molecule has 8 aromatic carbocycles. The first-order chi connectivity index (χ1) is 36.6. The molecule has 0 spiro atoms. The van der Waals surface area contributed by atoms with Crippen LogP contribution in [0.5, 0.6) is 11.5 Å². The molecule has 0 aliphatic carbocycles. The molecule has 0 unspecified atom stereocenters. The summed E-state index contributed by atoms with van der Waals surface area (Å²) in [5.74, 6) is 1.75. The van der Waals surface area contributed by atoms with Crippen molar-refractivity contribution in [1.82, 2.24) is 14.1 Å². The van der Waals surface area contributed by atoms with Crippen LogP contribution in [-0.2, 0) is 43.7 Å². The summed E-state index contributed by atoms with van der Waals surface area (Å²) in [5, 5.41) is 8.91. The molecular formula is C70H65N4OPt-3. The van der Waals surface area contributed by atoms with Crippen molar-refractivity contribution in [3.05, 3.63) is 211 Å². The minimum Gasteiger partial charge on any atom is -0.509 e. The number of hydrogen-bond donors (Lipinski definition) is 0. The number of fused-ring (bicyclic) bond motifs is 10. The topological polar surface area (TPSA) is 35.2 Å². The maximum Gasteiger partial charge on any atom is 0.135 e. The van der Waals surface area contributed by atoms with Crippen molar-refractivity contribution in [2.75, 3.05) is 4.90 Å². The molecule has 0 saturated carbocycles. The van der Waals surface area contributed by atoms with Gasteiger partial charge in [-0.2, -0.15) is 6.07 Å². The summed E-state index contributed by atoms with van der Waals surface area (Å²) in [6.07, 6.45) is 0.341. The molecular weight excluding hydrogens is 1110 g/mol. The van der Waals surface area contributed by atoms with Crippen molar-refractivity contribution < 1.29 is 28.5 Å². The standard InChI is InChI=1S/C70H65N4O.Pt/c1-44(2)34-45-35-46(37-48(36-45)69(6,7)8)53-25-18-26-60-56-22-14-12-20-54(56)55-21-13-15-23-57(55)61-27-19-29-63-67(61)73(66(53)60)43-72(63)50-38-49(70(9,10)11)39-52(41-50)75-51-30-31-59-58-24-16-17-28-62(58)74(64(59)42-51)65-40-47(32-33-71-65)68(3,4)5;/h12-33,35-40,43-44H,34H2,1-11H3;/q-3;/i34D2;. The van der Waals surface area contributed by atoms with Crippen molar-refractivity contribution >= 4 is 76.5 Å². The Bertz CT molecular complexity index is 4260. The number of benzene rings is 8. The molecule has 3 aromatic heterocycles. The van der Waals surface area contributed by atoms with Gasteiger partial charge in [0.25, 0.3) is 0 Å². The number of aromatic nitrogens is 3. The second-order valence-corrected chi connectivity index (χ2v) is 23.7. The van der Waals surface area contributed by atoms with Gasteiger partial charge in [0.05, 0.1) is 0 Å². The maximum absolute atomic E-state index is 9.44. The predicted molar refractivity (Wildman–Crippen MR) is 317 cm³/mol. The largest absolute Gasteiger partial charge is 0.509 e. The Hall–Kier alpha value is -7.33. The fraction of sp³-hybridized carbons (Fsp3) is 0.229. The molecule has 4 heterocycles. The Morgan fingerprint density at radius 3 is 1.80 bits per heavy atom. The minimum absolute atomic E-state index is 0. The minimum atomic E-state index is -1.56. The van der Waals surface area contributed by atoms with E-state index in [4.69, 9.17) is 9.72 Å². The van der Waals surface area contributed by atoms with Gasteiger partial charge in [0.1, 0.15) is 5.82 Å². The first-order valence-corrected chi connectivity index (χ1v) is 26.4. The SMILES string of the molecule is [2H]C([2H])(c1cc(-c2cccc3c4ccccc4c4ccccc4c4cccc5c4n(c23)[CH-]N5c2[c-]c(Oc3[c-]c4c(cc3)c3ccccc3n4-c3cc(C(C)(C)C)ccn3)cc(C(C)(C)C)c2)cc(C(C)(C)C)c1)C(C)C.[Pt]. The molecule has 12 rings (SSSR count). The molecule has 11 aromatic rings. The Kier molecular flexibility index (Phi) is 12.1. The normalized spacial score (nSPS) is 13.4. The third kappa shape index (κ3) is 9.01. The van der Waals surface area contributed by atoms with Crippen LogP contribution in [0.15, 0.2) is 170 Å². The fourth-order valence-corrected chi connectivity index (χ4v) is 11.0. The van der Waals surface area contributed by atoms with Gasteiger partial charge in [-0.1, -0.05) is 203 Å². The van der Waals surface area contributed by atoms with Gasteiger partial charge in [-0.3, -0.25) is 0 Å². The summed E-state index contributed by atoms with van der Waals surface area (Å²) in [6.45, 7) is 26.2. The molecule has 0 atom stereocenters. The number of nitrogens with zero attached hydrogens (tertiary/aromatic N) is 4. The van der Waals surface area contributed by atoms with Crippen molar-refractivity contribution in [2.45, 2.75) is 98.8 Å². The van der Waals surface area contributed by atoms with E-state index in [0.29, 0.717) is 17.1 Å². The van der Waals surface area contributed by atoms with Crippen molar-refractivity contribution in [1.29, 1.82) is 0 Å². The number of pyridine rings is 1. The molecule has 5 nitrogen and oxygen atoms in total. The zero-order chi connectivity index (χ0) is 53.9. The Morgan fingerprint density at radius 1 is 0.553 bits per heavy atom. The van der Waals surface area contributed by atoms with Gasteiger partial charge in [0, 0.05) is 52.7 Å². The van der Waals surface area contributed by atoms with Gasteiger partial charge in [-0.25, -0.2) is 4.98 Å². The molecule has 76 heavy (non-hydrogen) atoms. The first-order valence-electron chi connectivity index (χ1n) is 27.4. The summed E-state index contributed by atoms with van der Waals surface area (Å²) in [5.41, 5.74) is 11.3. The molecule has 0 radical (unpaired) electrons. The number of hydrogen-bond acceptors (Lipinski definition) is 3. The van der Waals surface area contributed by atoms with Crippen molar-refractivity contribution in [3.63, 3.8) is 0 Å². The van der Waals surface area contributed by atoms with Crippen molar-refractivity contribution in [2.24, 2.45) is 5.92 Å². The summed E-state index contributed by atoms with van der Waals surface area (Å²) in [4.78, 5) is 7.19. The first kappa shape index (κ1) is 48.3. The fourth-order valence-electron chi connectivity index (χ4n) is 11.0. The number of para-hydroxylation sites is 3. The van der Waals surface area contributed by atoms with Gasteiger partial charge in [-0.15, -0.1) is 41.3 Å². The van der Waals surface area contributed by atoms with Crippen LogP contribution in [-0.4, -0.2) is 14.1 Å². The van der Waals surface area contributed by atoms with Gasteiger partial charge in [0.2, 0.25) is 0 Å². The maximum atomic E-state index is 9.44. The van der Waals surface area contributed by atoms with E-state index < -0.39 is 6.37 Å². The van der Waals surface area contributed by atoms with Crippen LogP contribution in [0.25, 0.3) is 82.1 Å². The summed E-state index contributed by atoms with van der Waals surface area (Å²) >= 11 is 0. The molecule has 0 saturated heterocycles. The Balaban J connectivity index is 0.00000645. The summed E-state index contributed by atoms with van der Waals surface area (Å²) in [7, 11) is 0. The van der Waals surface area contributed by atoms with E-state index in [1.165, 1.54) is 5.56 Å². The second-order valence-electron chi connectivity index (χ2n) is 23.7. The molecule has 0 fully saturated rings. The van der Waals surface area contributed by atoms with E-state index in [2.05, 4.69) is 253 Å². The van der Waals surface area contributed by atoms with E-state index >= 15 is 0 Å². The van der Waals surface area contributed by atoms with Crippen LogP contribution in [0, 0.1) is 24.7 Å². The molecule has 6 heteroatoms. The number of rotatable bonds is 7. The van der Waals surface area contributed by atoms with Gasteiger partial charge in [-0.05, 0) is 136 Å². The van der Waals surface area contributed by atoms with Crippen LogP contribution < -0.4 is 9.64 Å². The van der Waals surface area contributed by atoms with E-state index in [1.807, 2.05) is 26.1 Å². The third-order valence-corrected chi connectivity index (χ3v) is 14.9. The molecule has 1 aliphatic heterocycles. The summed E-state index contributed by atoms with van der Waals surface area (Å²) < 4.78 is 30.5. The molecule has 384 valence electrons. The van der Waals surface area contributed by atoms with Gasteiger partial charge < -0.3 is 18.8 Å². The van der Waals surface area contributed by atoms with E-state index in [1.54, 1.807) is 0 Å². The number of ether oxygens (including phenoxy) is 1. The molecule has 0 amide bonds. The second kappa shape index (κ2) is 19.0. The smallest absolute Gasteiger partial charge is 0.135 e. The van der Waals surface area contributed by atoms with E-state index in [0.717, 1.165) is 105 Å². The van der Waals surface area contributed by atoms with Crippen LogP contribution in [0.1, 0.15) is 101 Å². The Morgan fingerprint density at radius 2 is 1.14 bits per heavy atom. The molecule has 1 aliphatic rings. The Labute approximate surface area is 465 Å². The molecule has 0 N–H and O–H groups in total. The monoisotopic (exact) mass is 1170 g/mol. The molecule has 0 bridgehead atoms. The quantitative estimate of drug-likeness (QED) is 0.149. The predicted octanol–water partition coefficient (Wildman–Crippen LogP) is 19.0. The summed E-state index contributed by atoms with van der Waals surface area (Å²) in [6, 6.07) is 66.0. The average molecular weight is 1180 g/mol. The number of anilines is 2. The third-order valence-electron chi connectivity index (χ3n) is 14.9.